The number of nitrogens with one attached hydrogen (secondary N) is 1. The number of thioether (sulfide) groups is 1. The van der Waals surface area contributed by atoms with Gasteiger partial charge in [-0.25, -0.2) is 9.97 Å². The van der Waals surface area contributed by atoms with Crippen molar-refractivity contribution >= 4 is 23.5 Å². The fourth-order valence-electron chi connectivity index (χ4n) is 3.34. The van der Waals surface area contributed by atoms with Gasteiger partial charge in [0.1, 0.15) is 5.82 Å². The zero-order chi connectivity index (χ0) is 24.7. The summed E-state index contributed by atoms with van der Waals surface area (Å²) in [6, 6.07) is 20.3. The zero-order valence-corrected chi connectivity index (χ0v) is 21.9. The molecule has 180 valence electrons. The van der Waals surface area contributed by atoms with E-state index in [4.69, 9.17) is 9.97 Å². The molecule has 0 unspecified atom stereocenters. The van der Waals surface area contributed by atoms with Crippen LogP contribution in [0.4, 0.5) is 5.82 Å². The Bertz CT molecular complexity index is 1090. The third kappa shape index (κ3) is 7.59. The van der Waals surface area contributed by atoms with Gasteiger partial charge in [0.15, 0.2) is 5.16 Å². The van der Waals surface area contributed by atoms with Crippen molar-refractivity contribution < 1.29 is 4.79 Å². The van der Waals surface area contributed by atoms with Gasteiger partial charge in [0.25, 0.3) is 5.91 Å². The number of rotatable bonds is 9. The molecule has 0 aliphatic heterocycles. The lowest BCUT2D eigenvalue weighted by molar-refractivity contribution is 0.0949. The third-order valence-corrected chi connectivity index (χ3v) is 6.26. The van der Waals surface area contributed by atoms with Gasteiger partial charge in [0.05, 0.1) is 5.69 Å². The molecule has 3 aromatic rings. The summed E-state index contributed by atoms with van der Waals surface area (Å²) in [5.74, 6) is 1.99. The van der Waals surface area contributed by atoms with Crippen LogP contribution in [-0.4, -0.2) is 29.5 Å². The number of hydrogen-bond donors (Lipinski definition) is 1. The van der Waals surface area contributed by atoms with Gasteiger partial charge in [0, 0.05) is 42.9 Å². The highest BCUT2D eigenvalue weighted by Crippen LogP contribution is 2.28. The van der Waals surface area contributed by atoms with E-state index in [9.17, 15) is 4.79 Å². The van der Waals surface area contributed by atoms with E-state index in [0.29, 0.717) is 23.8 Å². The highest BCUT2D eigenvalue weighted by atomic mass is 32.2. The van der Waals surface area contributed by atoms with Gasteiger partial charge in [-0.15, -0.1) is 0 Å². The Morgan fingerprint density at radius 1 is 1.00 bits per heavy atom. The van der Waals surface area contributed by atoms with Crippen molar-refractivity contribution in [1.82, 2.24) is 15.3 Å². The van der Waals surface area contributed by atoms with Crippen molar-refractivity contribution in [3.05, 3.63) is 83.0 Å². The molecular weight excluding hydrogens is 440 g/mol. The van der Waals surface area contributed by atoms with E-state index in [-0.39, 0.29) is 11.3 Å². The van der Waals surface area contributed by atoms with Crippen molar-refractivity contribution in [2.45, 2.75) is 57.5 Å². The Kier molecular flexibility index (Phi) is 8.72. The topological polar surface area (TPSA) is 58.1 Å². The Hall–Kier alpha value is -2.86. The summed E-state index contributed by atoms with van der Waals surface area (Å²) < 4.78 is 0. The van der Waals surface area contributed by atoms with Crippen LogP contribution in [0.25, 0.3) is 0 Å². The van der Waals surface area contributed by atoms with Crippen LogP contribution in [-0.2, 0) is 17.7 Å². The normalized spacial score (nSPS) is 11.5. The second-order valence-corrected chi connectivity index (χ2v) is 11.0. The Morgan fingerprint density at radius 2 is 1.71 bits per heavy atom. The summed E-state index contributed by atoms with van der Waals surface area (Å²) in [5.41, 5.74) is 3.93. The van der Waals surface area contributed by atoms with Crippen LogP contribution in [0.5, 0.6) is 0 Å². The van der Waals surface area contributed by atoms with Gasteiger partial charge < -0.3 is 10.2 Å². The molecule has 0 bridgehead atoms. The van der Waals surface area contributed by atoms with E-state index in [1.807, 2.05) is 30.3 Å². The Morgan fingerprint density at radius 3 is 2.38 bits per heavy atom. The summed E-state index contributed by atoms with van der Waals surface area (Å²) in [5, 5.41) is 3.73. The summed E-state index contributed by atoms with van der Waals surface area (Å²) in [6.45, 7) is 12.1. The van der Waals surface area contributed by atoms with Crippen LogP contribution in [0, 0.1) is 5.92 Å². The van der Waals surface area contributed by atoms with Gasteiger partial charge in [-0.2, -0.15) is 0 Å². The molecule has 0 aliphatic rings. The minimum absolute atomic E-state index is 0.0312. The molecule has 1 heterocycles. The van der Waals surface area contributed by atoms with Crippen LogP contribution >= 0.6 is 11.8 Å². The number of benzene rings is 2. The molecule has 34 heavy (non-hydrogen) atoms. The fraction of sp³-hybridized carbons (Fsp3) is 0.393. The second-order valence-electron chi connectivity index (χ2n) is 10.1. The Balaban J connectivity index is 1.77. The van der Waals surface area contributed by atoms with Crippen LogP contribution in [0.1, 0.15) is 61.8 Å². The van der Waals surface area contributed by atoms with Gasteiger partial charge in [0.2, 0.25) is 0 Å². The number of amides is 1. The first-order valence-corrected chi connectivity index (χ1v) is 12.7. The number of hydrogen-bond acceptors (Lipinski definition) is 5. The number of nitrogens with zero attached hydrogens (tertiary/aromatic N) is 3. The van der Waals surface area contributed by atoms with E-state index in [1.54, 1.807) is 11.8 Å². The zero-order valence-electron chi connectivity index (χ0n) is 21.1. The summed E-state index contributed by atoms with van der Waals surface area (Å²) in [7, 11) is 2.06. The average molecular weight is 477 g/mol. The molecule has 1 aromatic heterocycles. The fourth-order valence-corrected chi connectivity index (χ4v) is 4.14. The highest BCUT2D eigenvalue weighted by Gasteiger charge is 2.20. The molecule has 1 amide bonds. The van der Waals surface area contributed by atoms with E-state index < -0.39 is 0 Å². The number of carbonyl (C=O) groups is 1. The summed E-state index contributed by atoms with van der Waals surface area (Å²) >= 11 is 1.60. The van der Waals surface area contributed by atoms with Gasteiger partial charge in [-0.1, -0.05) is 88.8 Å². The van der Waals surface area contributed by atoms with E-state index >= 15 is 0 Å². The number of carbonyl (C=O) groups excluding carboxylic acids is 1. The van der Waals surface area contributed by atoms with Crippen LogP contribution < -0.4 is 10.2 Å². The van der Waals surface area contributed by atoms with Crippen molar-refractivity contribution in [2.75, 3.05) is 18.5 Å². The first-order valence-electron chi connectivity index (χ1n) is 11.8. The predicted octanol–water partition coefficient (Wildman–Crippen LogP) is 6.09. The van der Waals surface area contributed by atoms with Gasteiger partial charge in [-0.3, -0.25) is 4.79 Å². The van der Waals surface area contributed by atoms with Crippen molar-refractivity contribution in [1.29, 1.82) is 0 Å². The molecule has 5 nitrogen and oxygen atoms in total. The molecule has 6 heteroatoms. The molecule has 0 aliphatic carbocycles. The monoisotopic (exact) mass is 476 g/mol. The number of aromatic nitrogens is 2. The molecule has 0 fully saturated rings. The highest BCUT2D eigenvalue weighted by molar-refractivity contribution is 7.98. The molecule has 0 spiro atoms. The average Bonchev–Trinajstić information content (AvgIpc) is 2.81. The lowest BCUT2D eigenvalue weighted by atomic mass is 9.92. The van der Waals surface area contributed by atoms with Crippen LogP contribution in [0.2, 0.25) is 0 Å². The maximum absolute atomic E-state index is 12.5. The van der Waals surface area contributed by atoms with E-state index in [1.165, 1.54) is 5.56 Å². The molecule has 0 saturated heterocycles. The predicted molar refractivity (Wildman–Crippen MR) is 142 cm³/mol. The smallest absolute Gasteiger partial charge is 0.251 e. The molecule has 0 atom stereocenters. The SMILES string of the molecule is CC(C)CNC(=O)c1cccc(CSc2nc(N(C)Cc3ccccc3)cc(C(C)(C)C)n2)c1. The summed E-state index contributed by atoms with van der Waals surface area (Å²) in [6.07, 6.45) is 0. The van der Waals surface area contributed by atoms with E-state index in [2.05, 4.69) is 82.2 Å². The molecule has 0 saturated carbocycles. The van der Waals surface area contributed by atoms with E-state index in [0.717, 1.165) is 28.8 Å². The van der Waals surface area contributed by atoms with Crippen LogP contribution in [0.15, 0.2) is 65.8 Å². The van der Waals surface area contributed by atoms with Crippen LogP contribution in [0.3, 0.4) is 0 Å². The molecule has 2 aromatic carbocycles. The molecule has 0 radical (unpaired) electrons. The standard InChI is InChI=1S/C28H36N4OS/c1-20(2)17-29-26(33)23-14-10-13-22(15-23)19-34-27-30-24(28(3,4)5)16-25(31-27)32(6)18-21-11-8-7-9-12-21/h7-16,20H,17-19H2,1-6H3,(H,29,33). The second kappa shape index (κ2) is 11.5. The van der Waals surface area contributed by atoms with Crippen molar-refractivity contribution in [3.8, 4) is 0 Å². The Labute approximate surface area is 208 Å². The summed E-state index contributed by atoms with van der Waals surface area (Å²) in [4.78, 5) is 24.3. The molecule has 3 rings (SSSR count). The molecule has 1 N–H and O–H groups in total. The first-order chi connectivity index (χ1) is 16.1. The largest absolute Gasteiger partial charge is 0.355 e. The van der Waals surface area contributed by atoms with Gasteiger partial charge >= 0.3 is 0 Å². The minimum atomic E-state index is -0.0883. The lowest BCUT2D eigenvalue weighted by Crippen LogP contribution is -2.27. The lowest BCUT2D eigenvalue weighted by Gasteiger charge is -2.23. The quantitative estimate of drug-likeness (QED) is 0.299. The third-order valence-electron chi connectivity index (χ3n) is 5.34. The number of anilines is 1. The van der Waals surface area contributed by atoms with Crippen molar-refractivity contribution in [2.24, 2.45) is 5.92 Å². The first kappa shape index (κ1) is 25.8. The maximum atomic E-state index is 12.5. The molecular formula is C28H36N4OS. The maximum Gasteiger partial charge on any atom is 0.251 e. The van der Waals surface area contributed by atoms with Gasteiger partial charge in [-0.05, 0) is 29.2 Å². The van der Waals surface area contributed by atoms with Crippen molar-refractivity contribution in [3.63, 3.8) is 0 Å². The minimum Gasteiger partial charge on any atom is -0.355 e.